The third-order valence-corrected chi connectivity index (χ3v) is 4.80. The molecule has 2 nitrogen and oxygen atoms in total. The molecule has 0 aliphatic carbocycles. The van der Waals surface area contributed by atoms with Crippen molar-refractivity contribution >= 4 is 27.3 Å². The highest BCUT2D eigenvalue weighted by molar-refractivity contribution is 9.10. The van der Waals surface area contributed by atoms with Crippen molar-refractivity contribution in [1.82, 2.24) is 0 Å². The van der Waals surface area contributed by atoms with Crippen molar-refractivity contribution in [2.45, 2.75) is 25.9 Å². The standard InChI is InChI=1S/C15H17BrO2S/c1-10-4-7-14(19-10)15(2,17)9-11-8-12(16)5-6-13(11)18-3/h4-8,17H,9H2,1-3H3. The van der Waals surface area contributed by atoms with E-state index in [1.165, 1.54) is 4.88 Å². The first kappa shape index (κ1) is 14.6. The fourth-order valence-electron chi connectivity index (χ4n) is 2.07. The van der Waals surface area contributed by atoms with Crippen molar-refractivity contribution in [2.75, 3.05) is 7.11 Å². The molecule has 2 rings (SSSR count). The van der Waals surface area contributed by atoms with Crippen LogP contribution in [0.1, 0.15) is 22.2 Å². The molecule has 0 spiro atoms. The molecule has 0 amide bonds. The van der Waals surface area contributed by atoms with Crippen LogP contribution >= 0.6 is 27.3 Å². The summed E-state index contributed by atoms with van der Waals surface area (Å²) < 4.78 is 6.35. The Kier molecular flexibility index (Phi) is 4.33. The number of rotatable bonds is 4. The van der Waals surface area contributed by atoms with Crippen molar-refractivity contribution in [3.8, 4) is 5.75 Å². The second kappa shape index (κ2) is 5.65. The van der Waals surface area contributed by atoms with Gasteiger partial charge < -0.3 is 9.84 Å². The average molecular weight is 341 g/mol. The van der Waals surface area contributed by atoms with Gasteiger partial charge in [0.1, 0.15) is 11.4 Å². The highest BCUT2D eigenvalue weighted by Crippen LogP contribution is 2.34. The summed E-state index contributed by atoms with van der Waals surface area (Å²) in [6, 6.07) is 9.87. The maximum Gasteiger partial charge on any atom is 0.122 e. The topological polar surface area (TPSA) is 29.5 Å². The zero-order valence-corrected chi connectivity index (χ0v) is 13.6. The Morgan fingerprint density at radius 1 is 1.32 bits per heavy atom. The highest BCUT2D eigenvalue weighted by atomic mass is 79.9. The van der Waals surface area contributed by atoms with Crippen LogP contribution in [-0.4, -0.2) is 12.2 Å². The molecule has 0 saturated carbocycles. The van der Waals surface area contributed by atoms with Crippen molar-refractivity contribution in [1.29, 1.82) is 0 Å². The number of halogens is 1. The molecular weight excluding hydrogens is 324 g/mol. The van der Waals surface area contributed by atoms with Crippen LogP contribution in [0.2, 0.25) is 0 Å². The summed E-state index contributed by atoms with van der Waals surface area (Å²) in [6.45, 7) is 3.89. The molecule has 2 aromatic rings. The number of ether oxygens (including phenoxy) is 1. The Balaban J connectivity index is 2.31. The Morgan fingerprint density at radius 3 is 2.63 bits per heavy atom. The van der Waals surface area contributed by atoms with E-state index in [9.17, 15) is 5.11 Å². The average Bonchev–Trinajstić information content (AvgIpc) is 2.76. The number of thiophene rings is 1. The normalized spacial score (nSPS) is 14.2. The van der Waals surface area contributed by atoms with Crippen LogP contribution in [0.3, 0.4) is 0 Å². The Hall–Kier alpha value is -0.840. The molecule has 0 fully saturated rings. The zero-order chi connectivity index (χ0) is 14.0. The Bertz CT molecular complexity index is 575. The molecule has 1 aromatic heterocycles. The van der Waals surface area contributed by atoms with Gasteiger partial charge in [-0.3, -0.25) is 0 Å². The van der Waals surface area contributed by atoms with Gasteiger partial charge >= 0.3 is 0 Å². The third-order valence-electron chi connectivity index (χ3n) is 3.05. The number of hydrogen-bond donors (Lipinski definition) is 1. The zero-order valence-electron chi connectivity index (χ0n) is 11.2. The van der Waals surface area contributed by atoms with Gasteiger partial charge in [-0.15, -0.1) is 11.3 Å². The van der Waals surface area contributed by atoms with Crippen molar-refractivity contribution in [3.63, 3.8) is 0 Å². The lowest BCUT2D eigenvalue weighted by atomic mass is 9.94. The van der Waals surface area contributed by atoms with E-state index in [0.717, 1.165) is 20.7 Å². The van der Waals surface area contributed by atoms with Gasteiger partial charge in [-0.2, -0.15) is 0 Å². The maximum absolute atomic E-state index is 10.7. The van der Waals surface area contributed by atoms with E-state index >= 15 is 0 Å². The van der Waals surface area contributed by atoms with E-state index in [1.54, 1.807) is 18.4 Å². The summed E-state index contributed by atoms with van der Waals surface area (Å²) in [5, 5.41) is 10.7. The first-order valence-electron chi connectivity index (χ1n) is 6.04. The smallest absolute Gasteiger partial charge is 0.122 e. The lowest BCUT2D eigenvalue weighted by Crippen LogP contribution is -2.23. The predicted molar refractivity (Wildman–Crippen MR) is 83.0 cm³/mol. The van der Waals surface area contributed by atoms with Gasteiger partial charge in [0.25, 0.3) is 0 Å². The largest absolute Gasteiger partial charge is 0.496 e. The van der Waals surface area contributed by atoms with E-state index in [1.807, 2.05) is 44.2 Å². The van der Waals surface area contributed by atoms with E-state index in [0.29, 0.717) is 6.42 Å². The molecule has 0 aliphatic heterocycles. The van der Waals surface area contributed by atoms with Gasteiger partial charge in [0.15, 0.2) is 0 Å². The third kappa shape index (κ3) is 3.38. The number of methoxy groups -OCH3 is 1. The van der Waals surface area contributed by atoms with E-state index < -0.39 is 5.60 Å². The van der Waals surface area contributed by atoms with Crippen molar-refractivity contribution in [2.24, 2.45) is 0 Å². The van der Waals surface area contributed by atoms with E-state index in [4.69, 9.17) is 4.74 Å². The summed E-state index contributed by atoms with van der Waals surface area (Å²) in [5.41, 5.74) is 0.112. The molecule has 1 atom stereocenters. The SMILES string of the molecule is COc1ccc(Br)cc1CC(C)(O)c1ccc(C)s1. The monoisotopic (exact) mass is 340 g/mol. The molecule has 0 bridgehead atoms. The number of aliphatic hydroxyl groups is 1. The molecular formula is C15H17BrO2S. The van der Waals surface area contributed by atoms with E-state index in [-0.39, 0.29) is 0 Å². The lowest BCUT2D eigenvalue weighted by molar-refractivity contribution is 0.0608. The Labute approximate surface area is 126 Å². The fourth-order valence-corrected chi connectivity index (χ4v) is 3.39. The van der Waals surface area contributed by atoms with Crippen LogP contribution < -0.4 is 4.74 Å². The molecule has 0 radical (unpaired) electrons. The second-order valence-corrected chi connectivity index (χ2v) is 7.02. The van der Waals surface area contributed by atoms with Gasteiger partial charge in [0.05, 0.1) is 7.11 Å². The van der Waals surface area contributed by atoms with Crippen LogP contribution in [0.25, 0.3) is 0 Å². The molecule has 1 aromatic carbocycles. The molecule has 19 heavy (non-hydrogen) atoms. The van der Waals surface area contributed by atoms with Crippen molar-refractivity contribution in [3.05, 3.63) is 50.1 Å². The molecule has 1 heterocycles. The molecule has 102 valence electrons. The van der Waals surface area contributed by atoms with Gasteiger partial charge in [-0.25, -0.2) is 0 Å². The molecule has 4 heteroatoms. The van der Waals surface area contributed by atoms with Crippen LogP contribution in [0.5, 0.6) is 5.75 Å². The van der Waals surface area contributed by atoms with Gasteiger partial charge in [0.2, 0.25) is 0 Å². The number of aryl methyl sites for hydroxylation is 1. The van der Waals surface area contributed by atoms with Gasteiger partial charge in [0, 0.05) is 20.6 Å². The minimum absolute atomic E-state index is 0.523. The maximum atomic E-state index is 10.7. The highest BCUT2D eigenvalue weighted by Gasteiger charge is 2.26. The van der Waals surface area contributed by atoms with Gasteiger partial charge in [-0.05, 0) is 49.7 Å². The van der Waals surface area contributed by atoms with E-state index in [2.05, 4.69) is 15.9 Å². The predicted octanol–water partition coefficient (Wildman–Crippen LogP) is 4.28. The summed E-state index contributed by atoms with van der Waals surface area (Å²) in [5.74, 6) is 0.803. The molecule has 0 aliphatic rings. The molecule has 1 unspecified atom stereocenters. The summed E-state index contributed by atoms with van der Waals surface area (Å²) in [4.78, 5) is 2.18. The van der Waals surface area contributed by atoms with Crippen LogP contribution in [0, 0.1) is 6.92 Å². The summed E-state index contributed by atoms with van der Waals surface area (Å²) in [6.07, 6.45) is 0.523. The minimum atomic E-state index is -0.882. The first-order valence-corrected chi connectivity index (χ1v) is 7.65. The number of benzene rings is 1. The second-order valence-electron chi connectivity index (χ2n) is 4.82. The quantitative estimate of drug-likeness (QED) is 0.900. The number of hydrogen-bond acceptors (Lipinski definition) is 3. The summed E-state index contributed by atoms with van der Waals surface area (Å²) >= 11 is 5.09. The molecule has 1 N–H and O–H groups in total. The Morgan fingerprint density at radius 2 is 2.05 bits per heavy atom. The first-order chi connectivity index (χ1) is 8.92. The van der Waals surface area contributed by atoms with Gasteiger partial charge in [-0.1, -0.05) is 15.9 Å². The fraction of sp³-hybridized carbons (Fsp3) is 0.333. The van der Waals surface area contributed by atoms with Crippen LogP contribution in [0.4, 0.5) is 0 Å². The van der Waals surface area contributed by atoms with Crippen molar-refractivity contribution < 1.29 is 9.84 Å². The summed E-state index contributed by atoms with van der Waals surface area (Å²) in [7, 11) is 1.65. The minimum Gasteiger partial charge on any atom is -0.496 e. The lowest BCUT2D eigenvalue weighted by Gasteiger charge is -2.23. The van der Waals surface area contributed by atoms with Crippen LogP contribution in [-0.2, 0) is 12.0 Å². The molecule has 0 saturated heterocycles. The van der Waals surface area contributed by atoms with Crippen LogP contribution in [0.15, 0.2) is 34.8 Å².